The van der Waals surface area contributed by atoms with Crippen LogP contribution in [0.4, 0.5) is 17.2 Å². The van der Waals surface area contributed by atoms with Crippen LogP contribution in [-0.2, 0) is 26.0 Å². The quantitative estimate of drug-likeness (QED) is 0.700. The van der Waals surface area contributed by atoms with Crippen molar-refractivity contribution >= 4 is 33.1 Å². The standard InChI is InChI=1S/C18H22N4O4S/c1-13(23)22-9-7-14-11-16(4-5-17(14)22)27(24,25)21-18-6-3-15(12-20-18)19-8-10-26-2/h3-6,11-12,19H,7-10H2,1-2H3,(H,20,21). The molecule has 2 N–H and O–H groups in total. The Kier molecular flexibility index (Phi) is 5.62. The van der Waals surface area contributed by atoms with Crippen LogP contribution in [0, 0.1) is 0 Å². The van der Waals surface area contributed by atoms with Gasteiger partial charge in [0, 0.05) is 32.8 Å². The fourth-order valence-corrected chi connectivity index (χ4v) is 3.98. The van der Waals surface area contributed by atoms with Crippen molar-refractivity contribution in [3.05, 3.63) is 42.1 Å². The molecule has 27 heavy (non-hydrogen) atoms. The van der Waals surface area contributed by atoms with Crippen LogP contribution in [0.1, 0.15) is 12.5 Å². The summed E-state index contributed by atoms with van der Waals surface area (Å²) in [6, 6.07) is 8.13. The van der Waals surface area contributed by atoms with E-state index in [0.29, 0.717) is 26.1 Å². The molecule has 0 bridgehead atoms. The van der Waals surface area contributed by atoms with Gasteiger partial charge >= 0.3 is 0 Å². The van der Waals surface area contributed by atoms with E-state index in [-0.39, 0.29) is 16.6 Å². The second-order valence-corrected chi connectivity index (χ2v) is 7.85. The van der Waals surface area contributed by atoms with Crippen LogP contribution in [0.3, 0.4) is 0 Å². The number of amides is 1. The van der Waals surface area contributed by atoms with Crippen LogP contribution in [-0.4, -0.2) is 46.1 Å². The van der Waals surface area contributed by atoms with Crippen molar-refractivity contribution in [2.45, 2.75) is 18.2 Å². The number of benzene rings is 1. The molecule has 8 nitrogen and oxygen atoms in total. The van der Waals surface area contributed by atoms with E-state index in [1.165, 1.54) is 13.0 Å². The van der Waals surface area contributed by atoms with E-state index in [4.69, 9.17) is 4.74 Å². The van der Waals surface area contributed by atoms with Crippen LogP contribution in [0.25, 0.3) is 0 Å². The highest BCUT2D eigenvalue weighted by Crippen LogP contribution is 2.30. The Hall–Kier alpha value is -2.65. The molecular weight excluding hydrogens is 368 g/mol. The molecular formula is C18H22N4O4S. The number of pyridine rings is 1. The zero-order valence-electron chi connectivity index (χ0n) is 15.2. The minimum Gasteiger partial charge on any atom is -0.383 e. The Morgan fingerprint density at radius 2 is 2.11 bits per heavy atom. The number of hydrogen-bond acceptors (Lipinski definition) is 6. The number of nitrogens with zero attached hydrogens (tertiary/aromatic N) is 2. The van der Waals surface area contributed by atoms with E-state index in [1.807, 2.05) is 0 Å². The Labute approximate surface area is 158 Å². The summed E-state index contributed by atoms with van der Waals surface area (Å²) >= 11 is 0. The third-order valence-corrected chi connectivity index (χ3v) is 5.63. The van der Waals surface area contributed by atoms with Gasteiger partial charge in [-0.15, -0.1) is 0 Å². The molecule has 0 atom stereocenters. The topological polar surface area (TPSA) is 101 Å². The van der Waals surface area contributed by atoms with Gasteiger partial charge < -0.3 is 15.0 Å². The zero-order chi connectivity index (χ0) is 19.4. The third-order valence-electron chi connectivity index (χ3n) is 4.27. The summed E-state index contributed by atoms with van der Waals surface area (Å²) in [5, 5.41) is 3.11. The summed E-state index contributed by atoms with van der Waals surface area (Å²) < 4.78 is 32.7. The van der Waals surface area contributed by atoms with Gasteiger partial charge in [0.15, 0.2) is 0 Å². The summed E-state index contributed by atoms with van der Waals surface area (Å²) in [5.41, 5.74) is 2.39. The van der Waals surface area contributed by atoms with E-state index >= 15 is 0 Å². The second kappa shape index (κ2) is 7.93. The van der Waals surface area contributed by atoms with Gasteiger partial charge in [-0.3, -0.25) is 9.52 Å². The number of hydrogen-bond donors (Lipinski definition) is 2. The Balaban J connectivity index is 1.73. The summed E-state index contributed by atoms with van der Waals surface area (Å²) in [7, 11) is -2.14. The number of rotatable bonds is 7. The van der Waals surface area contributed by atoms with Crippen molar-refractivity contribution in [3.63, 3.8) is 0 Å². The molecule has 0 radical (unpaired) electrons. The predicted molar refractivity (Wildman–Crippen MR) is 104 cm³/mol. The van der Waals surface area contributed by atoms with Crippen molar-refractivity contribution in [2.75, 3.05) is 41.7 Å². The van der Waals surface area contributed by atoms with Crippen molar-refractivity contribution in [2.24, 2.45) is 0 Å². The number of fused-ring (bicyclic) bond motifs is 1. The molecule has 1 aromatic carbocycles. The number of carbonyl (C=O) groups is 1. The highest BCUT2D eigenvalue weighted by molar-refractivity contribution is 7.92. The van der Waals surface area contributed by atoms with E-state index in [9.17, 15) is 13.2 Å². The van der Waals surface area contributed by atoms with E-state index in [1.54, 1.807) is 42.5 Å². The van der Waals surface area contributed by atoms with Crippen molar-refractivity contribution < 1.29 is 17.9 Å². The monoisotopic (exact) mass is 390 g/mol. The Morgan fingerprint density at radius 1 is 1.30 bits per heavy atom. The van der Waals surface area contributed by atoms with Gasteiger partial charge in [-0.05, 0) is 42.3 Å². The first-order valence-corrected chi connectivity index (χ1v) is 10.0. The maximum absolute atomic E-state index is 12.6. The maximum Gasteiger partial charge on any atom is 0.263 e. The largest absolute Gasteiger partial charge is 0.383 e. The van der Waals surface area contributed by atoms with E-state index < -0.39 is 10.0 Å². The van der Waals surface area contributed by atoms with Crippen molar-refractivity contribution in [1.82, 2.24) is 4.98 Å². The van der Waals surface area contributed by atoms with Crippen LogP contribution in [0.2, 0.25) is 0 Å². The fraction of sp³-hybridized carbons (Fsp3) is 0.333. The molecule has 0 fully saturated rings. The lowest BCUT2D eigenvalue weighted by Crippen LogP contribution is -2.25. The average Bonchev–Trinajstić information content (AvgIpc) is 3.06. The van der Waals surface area contributed by atoms with Crippen LogP contribution < -0.4 is 14.9 Å². The van der Waals surface area contributed by atoms with Gasteiger partial charge in [-0.1, -0.05) is 0 Å². The number of ether oxygens (including phenoxy) is 1. The molecule has 2 heterocycles. The molecule has 0 unspecified atom stereocenters. The van der Waals surface area contributed by atoms with E-state index in [0.717, 1.165) is 16.9 Å². The number of anilines is 3. The molecule has 0 saturated heterocycles. The molecule has 0 spiro atoms. The molecule has 0 saturated carbocycles. The van der Waals surface area contributed by atoms with Crippen molar-refractivity contribution in [1.29, 1.82) is 0 Å². The molecule has 0 aliphatic carbocycles. The first kappa shape index (κ1) is 19.1. The Bertz CT molecular complexity index is 929. The van der Waals surface area contributed by atoms with Crippen LogP contribution in [0.15, 0.2) is 41.4 Å². The number of methoxy groups -OCH3 is 1. The molecule has 1 aromatic heterocycles. The third kappa shape index (κ3) is 4.37. The molecule has 1 amide bonds. The molecule has 3 rings (SSSR count). The SMILES string of the molecule is COCCNc1ccc(NS(=O)(=O)c2ccc3c(c2)CCN3C(C)=O)nc1. The lowest BCUT2D eigenvalue weighted by molar-refractivity contribution is -0.116. The fourth-order valence-electron chi connectivity index (χ4n) is 2.93. The molecule has 2 aromatic rings. The minimum absolute atomic E-state index is 0.0501. The number of carbonyl (C=O) groups excluding carboxylic acids is 1. The predicted octanol–water partition coefficient (Wildman–Crippen LogP) is 1.85. The van der Waals surface area contributed by atoms with Gasteiger partial charge in [0.05, 0.1) is 23.4 Å². The maximum atomic E-state index is 12.6. The first-order valence-electron chi connectivity index (χ1n) is 8.53. The number of sulfonamides is 1. The van der Waals surface area contributed by atoms with Gasteiger partial charge in [0.2, 0.25) is 5.91 Å². The molecule has 9 heteroatoms. The second-order valence-electron chi connectivity index (χ2n) is 6.17. The Morgan fingerprint density at radius 3 is 2.78 bits per heavy atom. The minimum atomic E-state index is -3.76. The normalized spacial score (nSPS) is 13.3. The highest BCUT2D eigenvalue weighted by atomic mass is 32.2. The molecule has 144 valence electrons. The summed E-state index contributed by atoms with van der Waals surface area (Å²) in [6.45, 7) is 3.27. The number of aromatic nitrogens is 1. The van der Waals surface area contributed by atoms with E-state index in [2.05, 4.69) is 15.0 Å². The zero-order valence-corrected chi connectivity index (χ0v) is 16.0. The smallest absolute Gasteiger partial charge is 0.263 e. The summed E-state index contributed by atoms with van der Waals surface area (Å²) in [5.74, 6) is 0.184. The average molecular weight is 390 g/mol. The lowest BCUT2D eigenvalue weighted by atomic mass is 10.2. The van der Waals surface area contributed by atoms with Crippen molar-refractivity contribution in [3.8, 4) is 0 Å². The van der Waals surface area contributed by atoms with Gasteiger partial charge in [-0.2, -0.15) is 0 Å². The highest BCUT2D eigenvalue weighted by Gasteiger charge is 2.25. The summed E-state index contributed by atoms with van der Waals surface area (Å²) in [6.07, 6.45) is 2.19. The van der Waals surface area contributed by atoms with Gasteiger partial charge in [0.1, 0.15) is 5.82 Å². The lowest BCUT2D eigenvalue weighted by Gasteiger charge is -2.15. The molecule has 1 aliphatic rings. The van der Waals surface area contributed by atoms with Gasteiger partial charge in [0.25, 0.3) is 10.0 Å². The molecule has 1 aliphatic heterocycles. The number of nitrogens with one attached hydrogen (secondary N) is 2. The van der Waals surface area contributed by atoms with Gasteiger partial charge in [-0.25, -0.2) is 13.4 Å². The first-order chi connectivity index (χ1) is 12.9. The van der Waals surface area contributed by atoms with Crippen LogP contribution in [0.5, 0.6) is 0 Å². The van der Waals surface area contributed by atoms with Crippen LogP contribution >= 0.6 is 0 Å². The summed E-state index contributed by atoms with van der Waals surface area (Å²) in [4.78, 5) is 17.5.